The minimum Gasteiger partial charge on any atom is -0.497 e. The van der Waals surface area contributed by atoms with Crippen molar-refractivity contribution in [3.05, 3.63) is 65.2 Å². The Morgan fingerprint density at radius 1 is 0.871 bits per heavy atom. The molecule has 0 aromatic heterocycles. The zero-order valence-corrected chi connectivity index (χ0v) is 17.1. The van der Waals surface area contributed by atoms with E-state index < -0.39 is 23.7 Å². The van der Waals surface area contributed by atoms with Crippen molar-refractivity contribution >= 4 is 24.0 Å². The molecule has 0 bridgehead atoms. The molecule has 2 aromatic carbocycles. The third-order valence-corrected chi connectivity index (χ3v) is 5.34. The van der Waals surface area contributed by atoms with Crippen LogP contribution in [0.15, 0.2) is 54.1 Å². The fraction of sp³-hybridized carbons (Fsp3) is 0.292. The molecule has 1 saturated carbocycles. The number of esters is 3. The molecule has 0 N–H and O–H groups in total. The van der Waals surface area contributed by atoms with Gasteiger partial charge in [-0.25, -0.2) is 14.4 Å². The summed E-state index contributed by atoms with van der Waals surface area (Å²) in [4.78, 5) is 37.1. The molecule has 4 rings (SSSR count). The average Bonchev–Trinajstić information content (AvgIpc) is 2.78. The smallest absolute Gasteiger partial charge is 0.348 e. The quantitative estimate of drug-likeness (QED) is 0.318. The number of ether oxygens (including phenoxy) is 4. The molecule has 0 atom stereocenters. The lowest BCUT2D eigenvalue weighted by Gasteiger charge is -2.38. The molecular weight excluding hydrogens is 400 g/mol. The van der Waals surface area contributed by atoms with E-state index in [1.165, 1.54) is 6.08 Å². The van der Waals surface area contributed by atoms with E-state index in [4.69, 9.17) is 18.9 Å². The third-order valence-electron chi connectivity index (χ3n) is 5.34. The van der Waals surface area contributed by atoms with Gasteiger partial charge in [0.2, 0.25) is 0 Å². The van der Waals surface area contributed by atoms with Gasteiger partial charge in [-0.15, -0.1) is 0 Å². The molecule has 1 aliphatic heterocycles. The van der Waals surface area contributed by atoms with Crippen molar-refractivity contribution in [1.29, 1.82) is 0 Å². The van der Waals surface area contributed by atoms with Gasteiger partial charge in [-0.05, 0) is 60.9 Å². The molecule has 1 saturated heterocycles. The van der Waals surface area contributed by atoms with Crippen LogP contribution in [0.25, 0.3) is 6.08 Å². The lowest BCUT2D eigenvalue weighted by molar-refractivity contribution is -0.244. The maximum Gasteiger partial charge on any atom is 0.348 e. The summed E-state index contributed by atoms with van der Waals surface area (Å²) in [5.41, 5.74) is 0.809. The van der Waals surface area contributed by atoms with Gasteiger partial charge in [0.1, 0.15) is 17.1 Å². The molecule has 2 aliphatic rings. The number of hydrogen-bond donors (Lipinski definition) is 0. The highest BCUT2D eigenvalue weighted by atomic mass is 16.7. The zero-order valence-electron chi connectivity index (χ0n) is 17.1. The highest BCUT2D eigenvalue weighted by Crippen LogP contribution is 2.37. The van der Waals surface area contributed by atoms with Gasteiger partial charge < -0.3 is 18.9 Å². The normalized spacial score (nSPS) is 17.5. The van der Waals surface area contributed by atoms with Crippen molar-refractivity contribution < 1.29 is 33.3 Å². The van der Waals surface area contributed by atoms with Crippen molar-refractivity contribution in [2.24, 2.45) is 0 Å². The molecule has 1 aliphatic carbocycles. The Bertz CT molecular complexity index is 991. The van der Waals surface area contributed by atoms with Crippen LogP contribution in [-0.2, 0) is 19.1 Å². The minimum atomic E-state index is -1.11. The molecule has 1 heterocycles. The van der Waals surface area contributed by atoms with Crippen LogP contribution in [0, 0.1) is 0 Å². The van der Waals surface area contributed by atoms with Gasteiger partial charge in [0.15, 0.2) is 0 Å². The summed E-state index contributed by atoms with van der Waals surface area (Å²) in [7, 11) is 1.55. The summed E-state index contributed by atoms with van der Waals surface area (Å²) in [6.45, 7) is 0. The first-order valence-electron chi connectivity index (χ1n) is 10.1. The first-order valence-corrected chi connectivity index (χ1v) is 10.1. The second-order valence-electron chi connectivity index (χ2n) is 7.50. The Hall–Kier alpha value is -3.61. The van der Waals surface area contributed by atoms with Crippen LogP contribution in [0.3, 0.4) is 0 Å². The maximum absolute atomic E-state index is 12.4. The molecule has 2 aromatic rings. The van der Waals surface area contributed by atoms with Gasteiger partial charge in [-0.1, -0.05) is 18.6 Å². The molecule has 31 heavy (non-hydrogen) atoms. The second kappa shape index (κ2) is 8.63. The van der Waals surface area contributed by atoms with Crippen LogP contribution in [0.5, 0.6) is 11.5 Å². The Balaban J connectivity index is 1.43. The fourth-order valence-corrected chi connectivity index (χ4v) is 3.66. The molecular formula is C24H22O7. The largest absolute Gasteiger partial charge is 0.497 e. The predicted octanol–water partition coefficient (Wildman–Crippen LogP) is 4.06. The molecule has 160 valence electrons. The maximum atomic E-state index is 12.4. The van der Waals surface area contributed by atoms with Crippen molar-refractivity contribution in [3.63, 3.8) is 0 Å². The molecule has 7 nitrogen and oxygen atoms in total. The van der Waals surface area contributed by atoms with Crippen molar-refractivity contribution in [2.45, 2.75) is 37.9 Å². The van der Waals surface area contributed by atoms with Crippen molar-refractivity contribution in [2.75, 3.05) is 7.11 Å². The summed E-state index contributed by atoms with van der Waals surface area (Å²) in [6.07, 6.45) is 5.23. The highest BCUT2D eigenvalue weighted by Gasteiger charge is 2.46. The average molecular weight is 422 g/mol. The van der Waals surface area contributed by atoms with E-state index in [2.05, 4.69) is 0 Å². The minimum absolute atomic E-state index is 0.154. The number of rotatable bonds is 4. The molecule has 2 fully saturated rings. The summed E-state index contributed by atoms with van der Waals surface area (Å²) in [5, 5.41) is 0. The van der Waals surface area contributed by atoms with E-state index in [0.29, 0.717) is 35.5 Å². The Morgan fingerprint density at radius 3 is 2.03 bits per heavy atom. The van der Waals surface area contributed by atoms with E-state index in [1.807, 2.05) is 0 Å². The summed E-state index contributed by atoms with van der Waals surface area (Å²) >= 11 is 0. The highest BCUT2D eigenvalue weighted by molar-refractivity contribution is 6.18. The van der Waals surface area contributed by atoms with E-state index in [9.17, 15) is 14.4 Å². The van der Waals surface area contributed by atoms with E-state index in [0.717, 1.165) is 19.3 Å². The lowest BCUT2D eigenvalue weighted by atomic mass is 9.93. The molecule has 1 spiro atoms. The summed E-state index contributed by atoms with van der Waals surface area (Å²) < 4.78 is 21.4. The molecule has 0 unspecified atom stereocenters. The van der Waals surface area contributed by atoms with Gasteiger partial charge in [-0.3, -0.25) is 0 Å². The number of carbonyl (C=O) groups excluding carboxylic acids is 3. The van der Waals surface area contributed by atoms with E-state index in [1.54, 1.807) is 55.6 Å². The molecule has 7 heteroatoms. The number of hydrogen-bond acceptors (Lipinski definition) is 7. The summed E-state index contributed by atoms with van der Waals surface area (Å²) in [6, 6.07) is 13.0. The predicted molar refractivity (Wildman–Crippen MR) is 110 cm³/mol. The van der Waals surface area contributed by atoms with Crippen molar-refractivity contribution in [3.8, 4) is 11.5 Å². The van der Waals surface area contributed by atoms with Crippen molar-refractivity contribution in [1.82, 2.24) is 0 Å². The zero-order chi connectivity index (χ0) is 21.8. The lowest BCUT2D eigenvalue weighted by Crippen LogP contribution is -2.47. The van der Waals surface area contributed by atoms with Crippen LogP contribution >= 0.6 is 0 Å². The number of carbonyl (C=O) groups is 3. The van der Waals surface area contributed by atoms with Crippen LogP contribution in [0.4, 0.5) is 0 Å². The standard InChI is InChI=1S/C24H22O7/c1-28-18-11-7-17(8-12-18)21(25)29-19-9-5-16(6-10-19)15-20-22(26)30-24(31-23(20)27)13-3-2-4-14-24/h5-12,15H,2-4,13-14H2,1H3. The van der Waals surface area contributed by atoms with Gasteiger partial charge in [0, 0.05) is 12.8 Å². The number of methoxy groups -OCH3 is 1. The summed E-state index contributed by atoms with van der Waals surface area (Å²) in [5.74, 6) is -1.99. The van der Waals surface area contributed by atoms with Crippen LogP contribution < -0.4 is 9.47 Å². The fourth-order valence-electron chi connectivity index (χ4n) is 3.66. The topological polar surface area (TPSA) is 88.1 Å². The van der Waals surface area contributed by atoms with Crippen LogP contribution in [0.1, 0.15) is 48.0 Å². The first kappa shape index (κ1) is 20.7. The van der Waals surface area contributed by atoms with Crippen LogP contribution in [-0.4, -0.2) is 30.8 Å². The Labute approximate surface area is 179 Å². The number of benzene rings is 2. The van der Waals surface area contributed by atoms with Crippen LogP contribution in [0.2, 0.25) is 0 Å². The Kier molecular flexibility index (Phi) is 5.75. The third kappa shape index (κ3) is 4.60. The Morgan fingerprint density at radius 2 is 1.45 bits per heavy atom. The van der Waals surface area contributed by atoms with Gasteiger partial charge in [-0.2, -0.15) is 0 Å². The van der Waals surface area contributed by atoms with E-state index >= 15 is 0 Å². The van der Waals surface area contributed by atoms with Gasteiger partial charge >= 0.3 is 17.9 Å². The SMILES string of the molecule is COc1ccc(C(=O)Oc2ccc(C=C3C(=O)OC4(CCCCC4)OC3=O)cc2)cc1. The molecule has 0 radical (unpaired) electrons. The second-order valence-corrected chi connectivity index (χ2v) is 7.50. The first-order chi connectivity index (χ1) is 15.0. The van der Waals surface area contributed by atoms with Gasteiger partial charge in [0.25, 0.3) is 5.79 Å². The van der Waals surface area contributed by atoms with E-state index in [-0.39, 0.29) is 5.57 Å². The molecule has 0 amide bonds. The van der Waals surface area contributed by atoms with Gasteiger partial charge in [0.05, 0.1) is 12.7 Å². The monoisotopic (exact) mass is 422 g/mol.